The molecule has 0 bridgehead atoms. The van der Waals surface area contributed by atoms with Crippen LogP contribution in [0.25, 0.3) is 5.57 Å². The lowest BCUT2D eigenvalue weighted by Crippen LogP contribution is -2.41. The minimum atomic E-state index is -0.618. The van der Waals surface area contributed by atoms with Crippen molar-refractivity contribution in [2.45, 2.75) is 51.5 Å². The maximum Gasteiger partial charge on any atom is 0.252 e. The standard InChI is InChI=1S/C28H35NO4/c1-6-12-23-17-16-20(2)22(4)24-13-9-10-14-25(24)28(31)29-26(15-8-7-11-18-33-23)27(30)19-21(3)32-5/h6,9-10,13-14,16-17,26H,1,3-4,7-8,11-12,15,18-19H2,2,5H3,(H,29,31)/b20-16-,23-17+/t26-/m0/s1. The molecule has 1 heterocycles. The van der Waals surface area contributed by atoms with Crippen molar-refractivity contribution >= 4 is 17.3 Å². The Morgan fingerprint density at radius 2 is 1.94 bits per heavy atom. The molecule has 0 fully saturated rings. The van der Waals surface area contributed by atoms with E-state index in [9.17, 15) is 9.59 Å². The highest BCUT2D eigenvalue weighted by Crippen LogP contribution is 2.25. The molecule has 0 saturated heterocycles. The minimum Gasteiger partial charge on any atom is -0.501 e. The lowest BCUT2D eigenvalue weighted by molar-refractivity contribution is -0.121. The molecule has 0 unspecified atom stereocenters. The number of hydrogen-bond donors (Lipinski definition) is 1. The van der Waals surface area contributed by atoms with Crippen molar-refractivity contribution in [1.82, 2.24) is 5.32 Å². The summed E-state index contributed by atoms with van der Waals surface area (Å²) < 4.78 is 11.0. The normalized spacial score (nSPS) is 21.2. The number of amides is 1. The fourth-order valence-corrected chi connectivity index (χ4v) is 3.56. The van der Waals surface area contributed by atoms with Crippen molar-refractivity contribution in [2.75, 3.05) is 13.7 Å². The third-order valence-corrected chi connectivity index (χ3v) is 5.62. The molecule has 0 aromatic heterocycles. The number of carbonyl (C=O) groups is 2. The number of Topliss-reactive ketones (excluding diaryl/α,β-unsaturated/α-hetero) is 1. The van der Waals surface area contributed by atoms with E-state index in [0.29, 0.717) is 30.8 Å². The van der Waals surface area contributed by atoms with Gasteiger partial charge in [-0.1, -0.05) is 49.9 Å². The monoisotopic (exact) mass is 449 g/mol. The molecule has 1 aromatic rings. The summed E-state index contributed by atoms with van der Waals surface area (Å²) >= 11 is 0. The van der Waals surface area contributed by atoms with Gasteiger partial charge >= 0.3 is 0 Å². The molecular formula is C28H35NO4. The lowest BCUT2D eigenvalue weighted by atomic mass is 9.94. The number of allylic oxidation sites excluding steroid dienone is 6. The molecule has 1 aromatic carbocycles. The van der Waals surface area contributed by atoms with Gasteiger partial charge in [0.1, 0.15) is 0 Å². The van der Waals surface area contributed by atoms with Crippen molar-refractivity contribution in [2.24, 2.45) is 0 Å². The van der Waals surface area contributed by atoms with Crippen LogP contribution in [0.1, 0.15) is 61.4 Å². The molecule has 1 aliphatic heterocycles. The second-order valence-electron chi connectivity index (χ2n) is 8.11. The molecule has 1 atom stereocenters. The van der Waals surface area contributed by atoms with Crippen LogP contribution in [0.2, 0.25) is 0 Å². The van der Waals surface area contributed by atoms with E-state index >= 15 is 0 Å². The van der Waals surface area contributed by atoms with E-state index < -0.39 is 6.04 Å². The molecule has 0 radical (unpaired) electrons. The Kier molecular flexibility index (Phi) is 10.4. The highest BCUT2D eigenvalue weighted by Gasteiger charge is 2.23. The molecule has 5 heteroatoms. The van der Waals surface area contributed by atoms with Crippen LogP contribution in [0.3, 0.4) is 0 Å². The molecule has 0 saturated carbocycles. The predicted octanol–water partition coefficient (Wildman–Crippen LogP) is 5.91. The number of nitrogens with one attached hydrogen (secondary N) is 1. The van der Waals surface area contributed by atoms with E-state index in [1.807, 2.05) is 43.4 Å². The quantitative estimate of drug-likeness (QED) is 0.433. The van der Waals surface area contributed by atoms with Gasteiger partial charge in [0.05, 0.1) is 37.7 Å². The van der Waals surface area contributed by atoms with Gasteiger partial charge in [0.2, 0.25) is 0 Å². The number of rotatable bonds is 6. The first-order valence-electron chi connectivity index (χ1n) is 11.3. The van der Waals surface area contributed by atoms with Crippen molar-refractivity contribution in [3.63, 3.8) is 0 Å². The van der Waals surface area contributed by atoms with Crippen LogP contribution >= 0.6 is 0 Å². The van der Waals surface area contributed by atoms with Gasteiger partial charge in [-0.25, -0.2) is 0 Å². The van der Waals surface area contributed by atoms with Crippen molar-refractivity contribution in [1.29, 1.82) is 0 Å². The van der Waals surface area contributed by atoms with Crippen LogP contribution < -0.4 is 5.32 Å². The van der Waals surface area contributed by atoms with E-state index in [1.54, 1.807) is 6.07 Å². The lowest BCUT2D eigenvalue weighted by Gasteiger charge is -2.20. The number of carbonyl (C=O) groups excluding carboxylic acids is 2. The van der Waals surface area contributed by atoms with E-state index in [4.69, 9.17) is 9.47 Å². The first kappa shape index (κ1) is 25.9. The van der Waals surface area contributed by atoms with Gasteiger partial charge in [-0.15, -0.1) is 6.58 Å². The molecule has 5 nitrogen and oxygen atoms in total. The first-order chi connectivity index (χ1) is 15.9. The van der Waals surface area contributed by atoms with Gasteiger partial charge < -0.3 is 14.8 Å². The maximum absolute atomic E-state index is 13.2. The first-order valence-corrected chi connectivity index (χ1v) is 11.3. The zero-order chi connectivity index (χ0) is 24.2. The molecule has 33 heavy (non-hydrogen) atoms. The van der Waals surface area contributed by atoms with E-state index in [0.717, 1.165) is 41.7 Å². The SMILES string of the molecule is C=CC/C1=C\C=C(\C)C(=C)c2ccccc2C(=O)N[C@H](C(=O)CC(=C)OC)CCCCCO1. The molecule has 1 N–H and O–H groups in total. The van der Waals surface area contributed by atoms with Crippen LogP contribution in [0.5, 0.6) is 0 Å². The Morgan fingerprint density at radius 1 is 1.21 bits per heavy atom. The third-order valence-electron chi connectivity index (χ3n) is 5.62. The fraction of sp³-hybridized carbons (Fsp3) is 0.357. The minimum absolute atomic E-state index is 0.0659. The number of ether oxygens (including phenoxy) is 2. The maximum atomic E-state index is 13.2. The van der Waals surface area contributed by atoms with Gasteiger partial charge in [-0.3, -0.25) is 9.59 Å². The second-order valence-corrected chi connectivity index (χ2v) is 8.11. The van der Waals surface area contributed by atoms with Gasteiger partial charge in [0.15, 0.2) is 5.78 Å². The van der Waals surface area contributed by atoms with Gasteiger partial charge in [-0.05, 0) is 55.0 Å². The Morgan fingerprint density at radius 3 is 2.64 bits per heavy atom. The smallest absolute Gasteiger partial charge is 0.252 e. The van der Waals surface area contributed by atoms with Crippen LogP contribution in [-0.2, 0) is 14.3 Å². The number of benzene rings is 1. The topological polar surface area (TPSA) is 64.6 Å². The summed E-state index contributed by atoms with van der Waals surface area (Å²) in [5, 5.41) is 2.94. The third kappa shape index (κ3) is 7.94. The molecule has 0 spiro atoms. The Labute approximate surface area is 197 Å². The summed E-state index contributed by atoms with van der Waals surface area (Å²) in [6.45, 7) is 14.3. The zero-order valence-electron chi connectivity index (χ0n) is 19.8. The zero-order valence-corrected chi connectivity index (χ0v) is 19.8. The van der Waals surface area contributed by atoms with Crippen LogP contribution in [0.15, 0.2) is 79.3 Å². The Bertz CT molecular complexity index is 954. The van der Waals surface area contributed by atoms with Crippen molar-refractivity contribution in [3.05, 3.63) is 90.4 Å². The van der Waals surface area contributed by atoms with Gasteiger partial charge in [-0.2, -0.15) is 0 Å². The molecular weight excluding hydrogens is 414 g/mol. The number of methoxy groups -OCH3 is 1. The predicted molar refractivity (Wildman–Crippen MR) is 134 cm³/mol. The molecule has 2 rings (SSSR count). The Hall–Kier alpha value is -3.34. The average Bonchev–Trinajstić information content (AvgIpc) is 2.82. The van der Waals surface area contributed by atoms with Crippen LogP contribution in [0, 0.1) is 0 Å². The van der Waals surface area contributed by atoms with Crippen molar-refractivity contribution in [3.8, 4) is 0 Å². The molecule has 1 aliphatic rings. The molecule has 0 aliphatic carbocycles. The summed E-state index contributed by atoms with van der Waals surface area (Å²) in [5.74, 6) is 0.808. The van der Waals surface area contributed by atoms with Crippen LogP contribution in [0.4, 0.5) is 0 Å². The summed E-state index contributed by atoms with van der Waals surface area (Å²) in [6.07, 6.45) is 9.46. The number of ketones is 1. The second kappa shape index (κ2) is 13.3. The number of hydrogen-bond acceptors (Lipinski definition) is 4. The number of fused-ring (bicyclic) bond motifs is 1. The fourth-order valence-electron chi connectivity index (χ4n) is 3.56. The Balaban J connectivity index is 2.40. The molecule has 1 amide bonds. The van der Waals surface area contributed by atoms with Crippen LogP contribution in [-0.4, -0.2) is 31.4 Å². The van der Waals surface area contributed by atoms with E-state index in [2.05, 4.69) is 25.1 Å². The summed E-state index contributed by atoms with van der Waals surface area (Å²) in [6, 6.07) is 6.68. The van der Waals surface area contributed by atoms with E-state index in [1.165, 1.54) is 7.11 Å². The summed E-state index contributed by atoms with van der Waals surface area (Å²) in [5.41, 5.74) is 2.86. The largest absolute Gasteiger partial charge is 0.501 e. The molecule has 176 valence electrons. The summed E-state index contributed by atoms with van der Waals surface area (Å²) in [4.78, 5) is 26.1. The van der Waals surface area contributed by atoms with Gasteiger partial charge in [0.25, 0.3) is 5.91 Å². The van der Waals surface area contributed by atoms with Crippen molar-refractivity contribution < 1.29 is 19.1 Å². The van der Waals surface area contributed by atoms with Gasteiger partial charge in [0, 0.05) is 12.0 Å². The summed E-state index contributed by atoms with van der Waals surface area (Å²) in [7, 11) is 1.49. The highest BCUT2D eigenvalue weighted by molar-refractivity contribution is 6.02. The van der Waals surface area contributed by atoms with E-state index in [-0.39, 0.29) is 18.1 Å². The average molecular weight is 450 g/mol. The highest BCUT2D eigenvalue weighted by atomic mass is 16.5.